The second kappa shape index (κ2) is 9.43. The lowest BCUT2D eigenvalue weighted by Crippen LogP contribution is -2.08. The van der Waals surface area contributed by atoms with Crippen LogP contribution in [-0.4, -0.2) is 40.1 Å². The number of aliphatic carboxylic acids is 1. The van der Waals surface area contributed by atoms with Crippen molar-refractivity contribution in [3.8, 4) is 5.75 Å². The first-order valence-corrected chi connectivity index (χ1v) is 9.66. The first kappa shape index (κ1) is 19.3. The molecule has 0 atom stereocenters. The Morgan fingerprint density at radius 1 is 1.19 bits per heavy atom. The minimum absolute atomic E-state index is 0.113. The number of aromatic nitrogens is 2. The maximum absolute atomic E-state index is 10.8. The van der Waals surface area contributed by atoms with E-state index in [9.17, 15) is 4.79 Å². The fraction of sp³-hybridized carbons (Fsp3) is 0.300. The van der Waals surface area contributed by atoms with Crippen LogP contribution in [0.2, 0.25) is 0 Å². The molecule has 0 saturated carbocycles. The molecule has 0 saturated heterocycles. The second-order valence-corrected chi connectivity index (χ2v) is 6.99. The molecule has 1 aromatic heterocycles. The third-order valence-corrected chi connectivity index (χ3v) is 5.03. The van der Waals surface area contributed by atoms with E-state index in [0.29, 0.717) is 25.5 Å². The summed E-state index contributed by atoms with van der Waals surface area (Å²) in [5.74, 6) is 0.519. The fourth-order valence-corrected chi connectivity index (χ4v) is 3.64. The number of hydrogen-bond acceptors (Lipinski definition) is 5. The number of imidazole rings is 1. The molecule has 0 fully saturated rings. The Morgan fingerprint density at radius 2 is 1.96 bits per heavy atom. The Bertz CT molecular complexity index is 893. The van der Waals surface area contributed by atoms with Crippen molar-refractivity contribution in [3.05, 3.63) is 54.1 Å². The van der Waals surface area contributed by atoms with Gasteiger partial charge >= 0.3 is 5.97 Å². The van der Waals surface area contributed by atoms with Gasteiger partial charge in [-0.3, -0.25) is 4.79 Å². The summed E-state index contributed by atoms with van der Waals surface area (Å²) >= 11 is 1.46. The monoisotopic (exact) mass is 386 g/mol. The van der Waals surface area contributed by atoms with Crippen molar-refractivity contribution < 1.29 is 19.4 Å². The number of rotatable bonds is 10. The first-order valence-electron chi connectivity index (χ1n) is 8.68. The van der Waals surface area contributed by atoms with E-state index in [4.69, 9.17) is 14.6 Å². The molecule has 1 heterocycles. The Kier molecular flexibility index (Phi) is 6.73. The number of carbonyl (C=O) groups is 1. The number of ether oxygens (including phenoxy) is 2. The predicted molar refractivity (Wildman–Crippen MR) is 105 cm³/mol. The molecule has 6 nitrogen and oxygen atoms in total. The number of carboxylic acids is 1. The zero-order chi connectivity index (χ0) is 19.1. The van der Waals surface area contributed by atoms with Crippen LogP contribution < -0.4 is 4.74 Å². The zero-order valence-electron chi connectivity index (χ0n) is 15.1. The average molecular weight is 386 g/mol. The third kappa shape index (κ3) is 5.24. The molecule has 0 aliphatic rings. The van der Waals surface area contributed by atoms with Gasteiger partial charge in [0, 0.05) is 12.3 Å². The van der Waals surface area contributed by atoms with Gasteiger partial charge in [-0.05, 0) is 29.8 Å². The van der Waals surface area contributed by atoms with Crippen LogP contribution in [-0.2, 0) is 22.7 Å². The molecular formula is C20H22N2O4S. The zero-order valence-corrected chi connectivity index (χ0v) is 15.9. The summed E-state index contributed by atoms with van der Waals surface area (Å²) < 4.78 is 13.1. The molecule has 2 aromatic carbocycles. The molecule has 142 valence electrons. The van der Waals surface area contributed by atoms with Gasteiger partial charge in [-0.25, -0.2) is 4.98 Å². The number of para-hydroxylation sites is 2. The molecule has 0 bridgehead atoms. The topological polar surface area (TPSA) is 73.6 Å². The van der Waals surface area contributed by atoms with Crippen LogP contribution in [0.5, 0.6) is 5.75 Å². The van der Waals surface area contributed by atoms with Crippen molar-refractivity contribution in [1.29, 1.82) is 0 Å². The van der Waals surface area contributed by atoms with Gasteiger partial charge in [-0.1, -0.05) is 36.0 Å². The van der Waals surface area contributed by atoms with Gasteiger partial charge in [0.05, 0.1) is 37.8 Å². The van der Waals surface area contributed by atoms with E-state index in [0.717, 1.165) is 27.5 Å². The number of fused-ring (bicyclic) bond motifs is 1. The molecule has 7 heteroatoms. The predicted octanol–water partition coefficient (Wildman–Crippen LogP) is 3.83. The maximum atomic E-state index is 10.8. The van der Waals surface area contributed by atoms with Crippen LogP contribution in [0.3, 0.4) is 0 Å². The van der Waals surface area contributed by atoms with Crippen molar-refractivity contribution in [3.63, 3.8) is 0 Å². The van der Waals surface area contributed by atoms with Gasteiger partial charge in [0.15, 0.2) is 5.16 Å². The molecular weight excluding hydrogens is 364 g/mol. The molecule has 27 heavy (non-hydrogen) atoms. The van der Waals surface area contributed by atoms with E-state index in [-0.39, 0.29) is 6.42 Å². The molecule has 3 rings (SSSR count). The summed E-state index contributed by atoms with van der Waals surface area (Å²) in [4.78, 5) is 15.4. The number of hydrogen-bond donors (Lipinski definition) is 1. The van der Waals surface area contributed by atoms with Crippen LogP contribution in [0.1, 0.15) is 12.0 Å². The quantitative estimate of drug-likeness (QED) is 0.422. The van der Waals surface area contributed by atoms with Gasteiger partial charge < -0.3 is 19.1 Å². The largest absolute Gasteiger partial charge is 0.497 e. The molecule has 1 N–H and O–H groups in total. The molecule has 0 aliphatic carbocycles. The Morgan fingerprint density at radius 3 is 2.70 bits per heavy atom. The van der Waals surface area contributed by atoms with E-state index >= 15 is 0 Å². The normalized spacial score (nSPS) is 11.0. The minimum atomic E-state index is -0.798. The SMILES string of the molecule is COc1ccc(COCCn2c(SCCC(=O)O)nc3ccccc32)cc1. The summed E-state index contributed by atoms with van der Waals surface area (Å²) in [5, 5.41) is 9.67. The number of carboxylic acid groups (broad SMARTS) is 1. The lowest BCUT2D eigenvalue weighted by Gasteiger charge is -2.10. The highest BCUT2D eigenvalue weighted by Crippen LogP contribution is 2.24. The highest BCUT2D eigenvalue weighted by atomic mass is 32.2. The van der Waals surface area contributed by atoms with Gasteiger partial charge in [-0.2, -0.15) is 0 Å². The van der Waals surface area contributed by atoms with Crippen molar-refractivity contribution >= 4 is 28.8 Å². The van der Waals surface area contributed by atoms with Gasteiger partial charge in [0.2, 0.25) is 0 Å². The Hall–Kier alpha value is -2.51. The first-order chi connectivity index (χ1) is 13.2. The summed E-state index contributed by atoms with van der Waals surface area (Å²) in [6.07, 6.45) is 0.113. The smallest absolute Gasteiger partial charge is 0.304 e. The Labute approximate surface area is 162 Å². The fourth-order valence-electron chi connectivity index (χ4n) is 2.68. The highest BCUT2D eigenvalue weighted by molar-refractivity contribution is 7.99. The molecule has 0 aliphatic heterocycles. The van der Waals surface area contributed by atoms with Crippen LogP contribution >= 0.6 is 11.8 Å². The molecule has 0 spiro atoms. The molecule has 0 unspecified atom stereocenters. The second-order valence-electron chi connectivity index (χ2n) is 5.93. The average Bonchev–Trinajstić information content (AvgIpc) is 3.03. The van der Waals surface area contributed by atoms with E-state index in [1.54, 1.807) is 7.11 Å². The number of benzene rings is 2. The maximum Gasteiger partial charge on any atom is 0.304 e. The molecule has 0 radical (unpaired) electrons. The Balaban J connectivity index is 1.61. The van der Waals surface area contributed by atoms with Crippen LogP contribution in [0.25, 0.3) is 11.0 Å². The lowest BCUT2D eigenvalue weighted by molar-refractivity contribution is -0.136. The van der Waals surface area contributed by atoms with Gasteiger partial charge in [-0.15, -0.1) is 0 Å². The third-order valence-electron chi connectivity index (χ3n) is 4.05. The van der Waals surface area contributed by atoms with Crippen LogP contribution in [0, 0.1) is 0 Å². The van der Waals surface area contributed by atoms with Crippen LogP contribution in [0.4, 0.5) is 0 Å². The molecule has 0 amide bonds. The van der Waals surface area contributed by atoms with Crippen molar-refractivity contribution in [2.75, 3.05) is 19.5 Å². The van der Waals surface area contributed by atoms with Gasteiger partial charge in [0.25, 0.3) is 0 Å². The van der Waals surface area contributed by atoms with E-state index in [1.165, 1.54) is 11.8 Å². The van der Waals surface area contributed by atoms with E-state index in [1.807, 2.05) is 48.5 Å². The van der Waals surface area contributed by atoms with Gasteiger partial charge in [0.1, 0.15) is 5.75 Å². The van der Waals surface area contributed by atoms with Crippen molar-refractivity contribution in [2.24, 2.45) is 0 Å². The number of nitrogens with zero attached hydrogens (tertiary/aromatic N) is 2. The van der Waals surface area contributed by atoms with Crippen LogP contribution in [0.15, 0.2) is 53.7 Å². The van der Waals surface area contributed by atoms with E-state index < -0.39 is 5.97 Å². The standard InChI is InChI=1S/C20H22N2O4S/c1-25-16-8-6-15(7-9-16)14-26-12-11-22-18-5-3-2-4-17(18)21-20(22)27-13-10-19(23)24/h2-9H,10-14H2,1H3,(H,23,24). The van der Waals surface area contributed by atoms with Crippen molar-refractivity contribution in [2.45, 2.75) is 24.7 Å². The highest BCUT2D eigenvalue weighted by Gasteiger charge is 2.11. The lowest BCUT2D eigenvalue weighted by atomic mass is 10.2. The summed E-state index contributed by atoms with van der Waals surface area (Å²) in [6.45, 7) is 1.73. The van der Waals surface area contributed by atoms with Crippen molar-refractivity contribution in [1.82, 2.24) is 9.55 Å². The number of thioether (sulfide) groups is 1. The summed E-state index contributed by atoms with van der Waals surface area (Å²) in [5.41, 5.74) is 3.02. The minimum Gasteiger partial charge on any atom is -0.497 e. The van der Waals surface area contributed by atoms with E-state index in [2.05, 4.69) is 9.55 Å². The molecule has 3 aromatic rings. The summed E-state index contributed by atoms with van der Waals surface area (Å²) in [6, 6.07) is 15.7. The number of methoxy groups -OCH3 is 1. The summed E-state index contributed by atoms with van der Waals surface area (Å²) in [7, 11) is 1.65.